The van der Waals surface area contributed by atoms with E-state index in [0.29, 0.717) is 6.07 Å². The van der Waals surface area contributed by atoms with Gasteiger partial charge in [-0.25, -0.2) is 26.9 Å². The summed E-state index contributed by atoms with van der Waals surface area (Å²) >= 11 is 0. The van der Waals surface area contributed by atoms with Crippen molar-refractivity contribution in [2.75, 3.05) is 13.3 Å². The van der Waals surface area contributed by atoms with Crippen LogP contribution in [0.25, 0.3) is 0 Å². The lowest BCUT2D eigenvalue weighted by atomic mass is 9.86. The van der Waals surface area contributed by atoms with Gasteiger partial charge >= 0.3 is 0 Å². The molecule has 0 fully saturated rings. The number of benzene rings is 1. The fraction of sp³-hybridized carbons (Fsp3) is 0.429. The Bertz CT molecular complexity index is 813. The molecule has 0 amide bonds. The van der Waals surface area contributed by atoms with Crippen LogP contribution in [0.2, 0.25) is 0 Å². The lowest BCUT2D eigenvalue weighted by Crippen LogP contribution is -2.52. The second-order valence-corrected chi connectivity index (χ2v) is 7.64. The molecule has 2 rings (SSSR count). The van der Waals surface area contributed by atoms with Crippen LogP contribution < -0.4 is 0 Å². The summed E-state index contributed by atoms with van der Waals surface area (Å²) in [7, 11) is -2.39. The van der Waals surface area contributed by atoms with Gasteiger partial charge in [0.2, 0.25) is 10.0 Å². The van der Waals surface area contributed by atoms with Crippen molar-refractivity contribution in [3.05, 3.63) is 48.1 Å². The first kappa shape index (κ1) is 18.4. The lowest BCUT2D eigenvalue weighted by Gasteiger charge is -2.38. The first-order chi connectivity index (χ1) is 11.1. The molecule has 2 aromatic rings. The third-order valence-electron chi connectivity index (χ3n) is 4.03. The fourth-order valence-electron chi connectivity index (χ4n) is 2.43. The number of rotatable bonds is 6. The first-order valence-corrected chi connectivity index (χ1v) is 8.84. The van der Waals surface area contributed by atoms with Gasteiger partial charge in [-0.1, -0.05) is 6.07 Å². The molecule has 1 heterocycles. The van der Waals surface area contributed by atoms with Crippen LogP contribution in [0.3, 0.4) is 0 Å². The van der Waals surface area contributed by atoms with Gasteiger partial charge in [-0.2, -0.15) is 9.40 Å². The van der Waals surface area contributed by atoms with E-state index in [0.717, 1.165) is 22.7 Å². The number of halogens is 2. The van der Waals surface area contributed by atoms with Gasteiger partial charge in [-0.05, 0) is 13.0 Å². The standard InChI is InChI=1S/C14H18F2N4O3S/c1-10(19(2)24(3,22)23)14(21,7-20-9-17-8-18-20)12-5-4-11(15)6-13(12)16/h4-6,8-10,21H,7H2,1-3H3/t10-,14-/m1/s1. The third kappa shape index (κ3) is 3.60. The Morgan fingerprint density at radius 3 is 2.58 bits per heavy atom. The highest BCUT2D eigenvalue weighted by Crippen LogP contribution is 2.33. The Kier molecular flexibility index (Phi) is 5.02. The van der Waals surface area contributed by atoms with Crippen LogP contribution in [-0.2, 0) is 22.2 Å². The second-order valence-electron chi connectivity index (χ2n) is 5.60. The van der Waals surface area contributed by atoms with Crippen LogP contribution >= 0.6 is 0 Å². The largest absolute Gasteiger partial charge is 0.381 e. The molecule has 0 bridgehead atoms. The second kappa shape index (κ2) is 6.54. The van der Waals surface area contributed by atoms with E-state index in [1.807, 2.05) is 0 Å². The molecule has 0 saturated heterocycles. The summed E-state index contributed by atoms with van der Waals surface area (Å²) in [6.45, 7) is 1.16. The minimum absolute atomic E-state index is 0.234. The van der Waals surface area contributed by atoms with Crippen molar-refractivity contribution in [1.29, 1.82) is 0 Å². The molecule has 2 atom stereocenters. The lowest BCUT2D eigenvalue weighted by molar-refractivity contribution is -0.0380. The minimum atomic E-state index is -3.66. The van der Waals surface area contributed by atoms with E-state index < -0.39 is 33.3 Å². The molecule has 0 unspecified atom stereocenters. The van der Waals surface area contributed by atoms with Crippen LogP contribution in [0.15, 0.2) is 30.9 Å². The molecule has 7 nitrogen and oxygen atoms in total. The molecule has 0 spiro atoms. The van der Waals surface area contributed by atoms with Gasteiger partial charge in [0, 0.05) is 18.7 Å². The highest BCUT2D eigenvalue weighted by Gasteiger charge is 2.43. The number of sulfonamides is 1. The van der Waals surface area contributed by atoms with Gasteiger partial charge in [-0.3, -0.25) is 0 Å². The molecule has 24 heavy (non-hydrogen) atoms. The molecule has 1 N–H and O–H groups in total. The Balaban J connectivity index is 2.56. The Hall–Kier alpha value is -1.91. The molecule has 0 aliphatic carbocycles. The van der Waals surface area contributed by atoms with Crippen molar-refractivity contribution in [3.8, 4) is 0 Å². The summed E-state index contributed by atoms with van der Waals surface area (Å²) < 4.78 is 53.3. The number of likely N-dealkylation sites (N-methyl/N-ethyl adjacent to an activating group) is 1. The van der Waals surface area contributed by atoms with Gasteiger partial charge in [0.05, 0.1) is 18.8 Å². The van der Waals surface area contributed by atoms with Crippen LogP contribution in [-0.4, -0.2) is 51.9 Å². The van der Waals surface area contributed by atoms with Gasteiger partial charge < -0.3 is 5.11 Å². The minimum Gasteiger partial charge on any atom is -0.381 e. The number of hydrogen-bond donors (Lipinski definition) is 1. The number of hydrogen-bond acceptors (Lipinski definition) is 5. The van der Waals surface area contributed by atoms with Crippen LogP contribution in [0.1, 0.15) is 12.5 Å². The predicted molar refractivity (Wildman–Crippen MR) is 82.3 cm³/mol. The number of aromatic nitrogens is 3. The maximum Gasteiger partial charge on any atom is 0.211 e. The zero-order valence-electron chi connectivity index (χ0n) is 13.4. The third-order valence-corrected chi connectivity index (χ3v) is 5.39. The first-order valence-electron chi connectivity index (χ1n) is 6.99. The smallest absolute Gasteiger partial charge is 0.211 e. The van der Waals surface area contributed by atoms with Crippen molar-refractivity contribution >= 4 is 10.0 Å². The molecule has 0 aliphatic rings. The molecular formula is C14H18F2N4O3S. The van der Waals surface area contributed by atoms with E-state index >= 15 is 0 Å². The topological polar surface area (TPSA) is 88.3 Å². The summed E-state index contributed by atoms with van der Waals surface area (Å²) in [5.74, 6) is -1.78. The van der Waals surface area contributed by atoms with Gasteiger partial charge in [0.25, 0.3) is 0 Å². The normalized spacial score (nSPS) is 16.1. The van der Waals surface area contributed by atoms with Crippen molar-refractivity contribution in [1.82, 2.24) is 19.1 Å². The SMILES string of the molecule is C[C@@H](N(C)S(C)(=O)=O)[C@](O)(Cn1cncn1)c1ccc(F)cc1F. The molecule has 0 aliphatic heterocycles. The fourth-order valence-corrected chi connectivity index (χ4v) is 3.18. The van der Waals surface area contributed by atoms with Gasteiger partial charge in [-0.15, -0.1) is 0 Å². The summed E-state index contributed by atoms with van der Waals surface area (Å²) in [5.41, 5.74) is -2.23. The van der Waals surface area contributed by atoms with Crippen molar-refractivity contribution in [3.63, 3.8) is 0 Å². The summed E-state index contributed by atoms with van der Waals surface area (Å²) in [6.07, 6.45) is 3.51. The van der Waals surface area contributed by atoms with Crippen molar-refractivity contribution in [2.45, 2.75) is 25.1 Å². The van der Waals surface area contributed by atoms with E-state index in [2.05, 4.69) is 10.1 Å². The number of aliphatic hydroxyl groups is 1. The zero-order valence-corrected chi connectivity index (χ0v) is 14.2. The summed E-state index contributed by atoms with van der Waals surface area (Å²) in [4.78, 5) is 3.74. The quantitative estimate of drug-likeness (QED) is 0.820. The van der Waals surface area contributed by atoms with E-state index in [1.54, 1.807) is 0 Å². The number of nitrogens with zero attached hydrogens (tertiary/aromatic N) is 4. The maximum absolute atomic E-state index is 14.3. The van der Waals surface area contributed by atoms with E-state index in [1.165, 1.54) is 31.3 Å². The molecule has 1 aromatic heterocycles. The van der Waals surface area contributed by atoms with E-state index in [-0.39, 0.29) is 12.1 Å². The highest BCUT2D eigenvalue weighted by molar-refractivity contribution is 7.88. The molecule has 132 valence electrons. The van der Waals surface area contributed by atoms with E-state index in [9.17, 15) is 22.3 Å². The highest BCUT2D eigenvalue weighted by atomic mass is 32.2. The Labute approximate surface area is 138 Å². The Morgan fingerprint density at radius 1 is 1.42 bits per heavy atom. The zero-order chi connectivity index (χ0) is 18.1. The van der Waals surface area contributed by atoms with E-state index in [4.69, 9.17) is 0 Å². The average Bonchev–Trinajstić information content (AvgIpc) is 2.97. The molecular weight excluding hydrogens is 342 g/mol. The molecule has 1 aromatic carbocycles. The Morgan fingerprint density at radius 2 is 2.08 bits per heavy atom. The summed E-state index contributed by atoms with van der Waals surface area (Å²) in [6, 6.07) is 1.66. The van der Waals surface area contributed by atoms with Crippen LogP contribution in [0.5, 0.6) is 0 Å². The van der Waals surface area contributed by atoms with Crippen molar-refractivity contribution < 1.29 is 22.3 Å². The van der Waals surface area contributed by atoms with Crippen LogP contribution in [0, 0.1) is 11.6 Å². The molecule has 10 heteroatoms. The van der Waals surface area contributed by atoms with Crippen LogP contribution in [0.4, 0.5) is 8.78 Å². The van der Waals surface area contributed by atoms with Gasteiger partial charge in [0.1, 0.15) is 29.9 Å². The average molecular weight is 360 g/mol. The van der Waals surface area contributed by atoms with Crippen molar-refractivity contribution in [2.24, 2.45) is 0 Å². The summed E-state index contributed by atoms with van der Waals surface area (Å²) in [5, 5.41) is 15.0. The maximum atomic E-state index is 14.3. The molecule has 0 radical (unpaired) electrons. The molecule has 0 saturated carbocycles. The predicted octanol–water partition coefficient (Wildman–Crippen LogP) is 0.724. The monoisotopic (exact) mass is 360 g/mol. The van der Waals surface area contributed by atoms with Gasteiger partial charge in [0.15, 0.2) is 0 Å².